The normalized spacial score (nSPS) is 17.8. The van der Waals surface area contributed by atoms with Crippen LogP contribution in [0.15, 0.2) is 12.1 Å². The van der Waals surface area contributed by atoms with E-state index in [1.165, 1.54) is 5.56 Å². The van der Waals surface area contributed by atoms with Gasteiger partial charge in [-0.3, -0.25) is 4.98 Å². The third-order valence-corrected chi connectivity index (χ3v) is 6.13. The van der Waals surface area contributed by atoms with Crippen molar-refractivity contribution < 1.29 is 14.2 Å². The van der Waals surface area contributed by atoms with Gasteiger partial charge in [0.1, 0.15) is 0 Å². The Morgan fingerprint density at radius 1 is 1.17 bits per heavy atom. The zero-order valence-corrected chi connectivity index (χ0v) is 17.9. The van der Waals surface area contributed by atoms with Gasteiger partial charge >= 0.3 is 0 Å². The Hall–Kier alpha value is -2.56. The summed E-state index contributed by atoms with van der Waals surface area (Å²) in [7, 11) is 3.32. The molecule has 0 amide bonds. The lowest BCUT2D eigenvalue weighted by molar-refractivity contribution is 0.146. The zero-order chi connectivity index (χ0) is 20.9. The third kappa shape index (κ3) is 4.30. The minimum atomic E-state index is 0.398. The van der Waals surface area contributed by atoms with E-state index in [1.54, 1.807) is 14.2 Å². The highest BCUT2D eigenvalue weighted by Crippen LogP contribution is 2.38. The number of hydrogen-bond acceptors (Lipinski definition) is 7. The molecule has 0 radical (unpaired) electrons. The second-order valence-electron chi connectivity index (χ2n) is 7.92. The van der Waals surface area contributed by atoms with Gasteiger partial charge in [0, 0.05) is 61.4 Å². The predicted molar refractivity (Wildman–Crippen MR) is 116 cm³/mol. The van der Waals surface area contributed by atoms with Crippen molar-refractivity contribution in [1.82, 2.24) is 9.88 Å². The molecule has 2 aliphatic rings. The van der Waals surface area contributed by atoms with E-state index in [0.29, 0.717) is 30.6 Å². The average molecular weight is 411 g/mol. The fraction of sp³-hybridized carbons (Fsp3) is 0.565. The van der Waals surface area contributed by atoms with Crippen molar-refractivity contribution in [2.75, 3.05) is 52.4 Å². The van der Waals surface area contributed by atoms with Crippen molar-refractivity contribution in [3.8, 4) is 17.6 Å². The number of nitrogens with zero attached hydrogens (tertiary/aromatic N) is 3. The van der Waals surface area contributed by atoms with Crippen molar-refractivity contribution in [3.05, 3.63) is 23.4 Å². The smallest absolute Gasteiger partial charge is 0.162 e. The molecule has 2 aliphatic heterocycles. The third-order valence-electron chi connectivity index (χ3n) is 6.13. The van der Waals surface area contributed by atoms with E-state index in [-0.39, 0.29) is 0 Å². The Morgan fingerprint density at radius 2 is 1.90 bits per heavy atom. The molecule has 4 rings (SSSR count). The maximum absolute atomic E-state index is 8.84. The van der Waals surface area contributed by atoms with Crippen molar-refractivity contribution in [2.45, 2.75) is 38.1 Å². The highest BCUT2D eigenvalue weighted by molar-refractivity contribution is 5.96. The number of methoxy groups -OCH3 is 2. The van der Waals surface area contributed by atoms with Crippen LogP contribution in [0.2, 0.25) is 0 Å². The van der Waals surface area contributed by atoms with Crippen molar-refractivity contribution in [2.24, 2.45) is 0 Å². The Bertz CT molecular complexity index is 932. The summed E-state index contributed by atoms with van der Waals surface area (Å²) in [6, 6.07) is 6.65. The number of likely N-dealkylation sites (tertiary alicyclic amines) is 1. The molecule has 0 aliphatic carbocycles. The molecule has 0 saturated carbocycles. The van der Waals surface area contributed by atoms with Crippen LogP contribution in [0.5, 0.6) is 11.5 Å². The summed E-state index contributed by atoms with van der Waals surface area (Å²) in [6.07, 6.45) is 4.40. The summed E-state index contributed by atoms with van der Waals surface area (Å²) in [4.78, 5) is 7.35. The van der Waals surface area contributed by atoms with E-state index in [4.69, 9.17) is 24.5 Å². The molecule has 1 fully saturated rings. The first-order chi connectivity index (χ1) is 14.7. The van der Waals surface area contributed by atoms with Gasteiger partial charge < -0.3 is 24.4 Å². The summed E-state index contributed by atoms with van der Waals surface area (Å²) in [5.41, 5.74) is 4.46. The average Bonchev–Trinajstić information content (AvgIpc) is 3.03. The molecule has 1 saturated heterocycles. The lowest BCUT2D eigenvalue weighted by Gasteiger charge is -2.33. The number of nitriles is 1. The van der Waals surface area contributed by atoms with Crippen LogP contribution >= 0.6 is 0 Å². The van der Waals surface area contributed by atoms with Gasteiger partial charge in [0.15, 0.2) is 11.5 Å². The van der Waals surface area contributed by atoms with Crippen LogP contribution in [0, 0.1) is 11.3 Å². The number of fused-ring (bicyclic) bond motifs is 2. The lowest BCUT2D eigenvalue weighted by atomic mass is 9.98. The van der Waals surface area contributed by atoms with Gasteiger partial charge in [-0.05, 0) is 30.9 Å². The molecule has 0 unspecified atom stereocenters. The van der Waals surface area contributed by atoms with Crippen molar-refractivity contribution in [3.63, 3.8) is 0 Å². The fourth-order valence-corrected chi connectivity index (χ4v) is 4.48. The van der Waals surface area contributed by atoms with E-state index in [2.05, 4.69) is 16.3 Å². The number of pyridine rings is 1. The van der Waals surface area contributed by atoms with Crippen LogP contribution in [0.4, 0.5) is 5.69 Å². The molecule has 0 atom stereocenters. The SMILES string of the molecule is COc1cc2nc3c(c(NC4CCN(CCC#N)CC4)c2cc1OC)CCOCC3. The molecule has 2 aromatic rings. The van der Waals surface area contributed by atoms with E-state index in [9.17, 15) is 0 Å². The number of hydrogen-bond donors (Lipinski definition) is 1. The van der Waals surface area contributed by atoms with Gasteiger partial charge in [-0.2, -0.15) is 5.26 Å². The zero-order valence-electron chi connectivity index (χ0n) is 17.9. The number of piperidine rings is 1. The van der Waals surface area contributed by atoms with Crippen LogP contribution < -0.4 is 14.8 Å². The second-order valence-corrected chi connectivity index (χ2v) is 7.92. The van der Waals surface area contributed by atoms with Crippen LogP contribution in [0.25, 0.3) is 10.9 Å². The van der Waals surface area contributed by atoms with E-state index < -0.39 is 0 Å². The number of anilines is 1. The molecule has 0 spiro atoms. The first-order valence-corrected chi connectivity index (χ1v) is 10.7. The first kappa shape index (κ1) is 20.7. The van der Waals surface area contributed by atoms with Crippen LogP contribution in [0.1, 0.15) is 30.5 Å². The molecule has 30 heavy (non-hydrogen) atoms. The standard InChI is InChI=1S/C23H30N4O3/c1-28-21-14-18-20(15-22(21)29-2)26-19-7-13-30-12-6-17(19)23(18)25-16-4-10-27(11-5-16)9-3-8-24/h14-16H,3-7,9-13H2,1-2H3,(H,25,26). The number of ether oxygens (including phenoxy) is 3. The minimum absolute atomic E-state index is 0.398. The number of benzene rings is 1. The molecule has 1 aromatic heterocycles. The van der Waals surface area contributed by atoms with Gasteiger partial charge in [0.2, 0.25) is 0 Å². The van der Waals surface area contributed by atoms with Gasteiger partial charge in [-0.25, -0.2) is 0 Å². The van der Waals surface area contributed by atoms with Gasteiger partial charge in [0.05, 0.1) is 39.0 Å². The Morgan fingerprint density at radius 3 is 2.63 bits per heavy atom. The van der Waals surface area contributed by atoms with Crippen LogP contribution in [-0.2, 0) is 17.6 Å². The molecule has 0 bridgehead atoms. The van der Waals surface area contributed by atoms with Gasteiger partial charge in [-0.15, -0.1) is 0 Å². The number of aromatic nitrogens is 1. The molecule has 1 aromatic carbocycles. The number of rotatable bonds is 6. The molecule has 1 N–H and O–H groups in total. The van der Waals surface area contributed by atoms with Gasteiger partial charge in [0.25, 0.3) is 0 Å². The van der Waals surface area contributed by atoms with Crippen LogP contribution in [-0.4, -0.2) is 63.0 Å². The van der Waals surface area contributed by atoms with Crippen molar-refractivity contribution >= 4 is 16.6 Å². The number of nitrogens with one attached hydrogen (secondary N) is 1. The maximum atomic E-state index is 8.84. The van der Waals surface area contributed by atoms with Gasteiger partial charge in [-0.1, -0.05) is 0 Å². The summed E-state index contributed by atoms with van der Waals surface area (Å²) in [5.74, 6) is 1.41. The maximum Gasteiger partial charge on any atom is 0.162 e. The topological polar surface area (TPSA) is 79.6 Å². The Balaban J connectivity index is 1.68. The molecule has 3 heterocycles. The van der Waals surface area contributed by atoms with Crippen LogP contribution in [0.3, 0.4) is 0 Å². The predicted octanol–water partition coefficient (Wildman–Crippen LogP) is 3.16. The monoisotopic (exact) mass is 410 g/mol. The molecule has 7 heteroatoms. The summed E-state index contributed by atoms with van der Waals surface area (Å²) < 4.78 is 16.8. The first-order valence-electron chi connectivity index (χ1n) is 10.7. The fourth-order valence-electron chi connectivity index (χ4n) is 4.48. The quantitative estimate of drug-likeness (QED) is 0.783. The lowest BCUT2D eigenvalue weighted by Crippen LogP contribution is -2.39. The van der Waals surface area contributed by atoms with E-state index in [0.717, 1.165) is 74.2 Å². The Labute approximate surface area is 177 Å². The summed E-state index contributed by atoms with van der Waals surface area (Å²) in [6.45, 7) is 4.32. The molecular weight excluding hydrogens is 380 g/mol. The van der Waals surface area contributed by atoms with E-state index >= 15 is 0 Å². The molecule has 7 nitrogen and oxygen atoms in total. The summed E-state index contributed by atoms with van der Waals surface area (Å²) in [5, 5.41) is 13.8. The Kier molecular flexibility index (Phi) is 6.56. The summed E-state index contributed by atoms with van der Waals surface area (Å²) >= 11 is 0. The molecular formula is C23H30N4O3. The van der Waals surface area contributed by atoms with E-state index in [1.807, 2.05) is 12.1 Å². The highest BCUT2D eigenvalue weighted by atomic mass is 16.5. The largest absolute Gasteiger partial charge is 0.493 e. The minimum Gasteiger partial charge on any atom is -0.493 e. The highest BCUT2D eigenvalue weighted by Gasteiger charge is 2.24. The second kappa shape index (κ2) is 9.50. The molecule has 160 valence electrons. The van der Waals surface area contributed by atoms with Crippen molar-refractivity contribution in [1.29, 1.82) is 5.26 Å².